The Morgan fingerprint density at radius 2 is 1.71 bits per heavy atom. The SMILES string of the molecule is CC(C)(C)OC(=O)N1CCCN(c2ccc(C(=O)N(c3ccncc3)C3CCCCn4c3nccc4=O)cn2)CC1. The van der Waals surface area contributed by atoms with Crippen molar-refractivity contribution in [3.05, 3.63) is 76.9 Å². The molecule has 0 saturated carbocycles. The van der Waals surface area contributed by atoms with Crippen LogP contribution in [0.3, 0.4) is 0 Å². The molecule has 1 unspecified atom stereocenters. The Balaban J connectivity index is 1.37. The predicted octanol–water partition coefficient (Wildman–Crippen LogP) is 4.05. The highest BCUT2D eigenvalue weighted by atomic mass is 16.6. The molecule has 1 saturated heterocycles. The molecule has 0 N–H and O–H groups in total. The molecule has 2 aliphatic heterocycles. The van der Waals surface area contributed by atoms with Crippen LogP contribution in [0.5, 0.6) is 0 Å². The molecule has 2 aliphatic rings. The Labute approximate surface area is 239 Å². The van der Waals surface area contributed by atoms with Crippen LogP contribution in [0.1, 0.15) is 68.7 Å². The molecule has 41 heavy (non-hydrogen) atoms. The van der Waals surface area contributed by atoms with Gasteiger partial charge in [0.2, 0.25) is 0 Å². The van der Waals surface area contributed by atoms with Crippen molar-refractivity contribution in [3.8, 4) is 0 Å². The Morgan fingerprint density at radius 3 is 2.44 bits per heavy atom. The molecule has 1 fully saturated rings. The number of amides is 2. The minimum atomic E-state index is -0.540. The van der Waals surface area contributed by atoms with Crippen LogP contribution in [0.2, 0.25) is 0 Å². The maximum atomic E-state index is 14.1. The van der Waals surface area contributed by atoms with Crippen LogP contribution in [0, 0.1) is 0 Å². The minimum Gasteiger partial charge on any atom is -0.444 e. The molecule has 2 amide bonds. The lowest BCUT2D eigenvalue weighted by atomic mass is 10.1. The lowest BCUT2D eigenvalue weighted by molar-refractivity contribution is 0.0263. The van der Waals surface area contributed by atoms with E-state index >= 15 is 0 Å². The first kappa shape index (κ1) is 28.3. The van der Waals surface area contributed by atoms with Gasteiger partial charge in [0, 0.05) is 69.3 Å². The molecule has 1 atom stereocenters. The van der Waals surface area contributed by atoms with Gasteiger partial charge in [-0.3, -0.25) is 24.0 Å². The monoisotopic (exact) mass is 559 g/mol. The second kappa shape index (κ2) is 12.1. The summed E-state index contributed by atoms with van der Waals surface area (Å²) in [5, 5.41) is 0. The summed E-state index contributed by atoms with van der Waals surface area (Å²) in [6.07, 6.45) is 9.27. The molecule has 5 heterocycles. The van der Waals surface area contributed by atoms with Crippen LogP contribution < -0.4 is 15.4 Å². The van der Waals surface area contributed by atoms with E-state index in [1.54, 1.807) is 51.2 Å². The van der Waals surface area contributed by atoms with Gasteiger partial charge in [0.05, 0.1) is 11.6 Å². The number of carbonyl (C=O) groups excluding carboxylic acids is 2. The molecule has 3 aromatic rings. The summed E-state index contributed by atoms with van der Waals surface area (Å²) in [6.45, 7) is 8.66. The average molecular weight is 560 g/mol. The van der Waals surface area contributed by atoms with Gasteiger partial charge in [0.25, 0.3) is 11.5 Å². The molecule has 5 rings (SSSR count). The van der Waals surface area contributed by atoms with Crippen LogP contribution in [-0.4, -0.2) is 68.2 Å². The third kappa shape index (κ3) is 6.55. The molecule has 0 bridgehead atoms. The number of carbonyl (C=O) groups is 2. The van der Waals surface area contributed by atoms with Crippen molar-refractivity contribution >= 4 is 23.5 Å². The van der Waals surface area contributed by atoms with Gasteiger partial charge in [-0.25, -0.2) is 14.8 Å². The van der Waals surface area contributed by atoms with Crippen LogP contribution in [-0.2, 0) is 11.3 Å². The van der Waals surface area contributed by atoms with Crippen LogP contribution in [0.4, 0.5) is 16.3 Å². The maximum absolute atomic E-state index is 14.1. The van der Waals surface area contributed by atoms with Crippen molar-refractivity contribution in [3.63, 3.8) is 0 Å². The third-order valence-electron chi connectivity index (χ3n) is 7.31. The summed E-state index contributed by atoms with van der Waals surface area (Å²) in [7, 11) is 0. The average Bonchev–Trinajstić information content (AvgIpc) is 3.33. The first-order chi connectivity index (χ1) is 19.7. The van der Waals surface area contributed by atoms with Gasteiger partial charge < -0.3 is 14.5 Å². The second-order valence-corrected chi connectivity index (χ2v) is 11.4. The van der Waals surface area contributed by atoms with Gasteiger partial charge in [-0.15, -0.1) is 0 Å². The molecule has 11 heteroatoms. The van der Waals surface area contributed by atoms with E-state index < -0.39 is 11.6 Å². The normalized spacial score (nSPS) is 17.7. The first-order valence-corrected chi connectivity index (χ1v) is 14.2. The molecule has 11 nitrogen and oxygen atoms in total. The zero-order valence-corrected chi connectivity index (χ0v) is 23.9. The summed E-state index contributed by atoms with van der Waals surface area (Å²) in [6, 6.07) is 8.28. The quantitative estimate of drug-likeness (QED) is 0.470. The van der Waals surface area contributed by atoms with Crippen LogP contribution >= 0.6 is 0 Å². The van der Waals surface area contributed by atoms with E-state index in [1.165, 1.54) is 12.3 Å². The summed E-state index contributed by atoms with van der Waals surface area (Å²) >= 11 is 0. The van der Waals surface area contributed by atoms with E-state index in [0.717, 1.165) is 31.6 Å². The van der Waals surface area contributed by atoms with E-state index in [9.17, 15) is 14.4 Å². The Hall–Kier alpha value is -4.28. The van der Waals surface area contributed by atoms with Gasteiger partial charge in [0.15, 0.2) is 0 Å². The van der Waals surface area contributed by atoms with Crippen molar-refractivity contribution in [1.29, 1.82) is 0 Å². The lowest BCUT2D eigenvalue weighted by Crippen LogP contribution is -2.39. The van der Waals surface area contributed by atoms with Crippen molar-refractivity contribution in [1.82, 2.24) is 24.4 Å². The van der Waals surface area contributed by atoms with Gasteiger partial charge in [-0.05, 0) is 70.7 Å². The van der Waals surface area contributed by atoms with Gasteiger partial charge in [0.1, 0.15) is 17.2 Å². The maximum Gasteiger partial charge on any atom is 0.410 e. The predicted molar refractivity (Wildman–Crippen MR) is 155 cm³/mol. The summed E-state index contributed by atoms with van der Waals surface area (Å²) in [5.41, 5.74) is 0.463. The summed E-state index contributed by atoms with van der Waals surface area (Å²) in [4.78, 5) is 58.2. The largest absolute Gasteiger partial charge is 0.444 e. The van der Waals surface area contributed by atoms with E-state index in [1.807, 2.05) is 26.8 Å². The molecule has 0 radical (unpaired) electrons. The molecule has 0 aromatic carbocycles. The van der Waals surface area contributed by atoms with E-state index in [0.29, 0.717) is 49.7 Å². The highest BCUT2D eigenvalue weighted by molar-refractivity contribution is 6.06. The zero-order valence-electron chi connectivity index (χ0n) is 23.9. The molecule has 0 spiro atoms. The Bertz CT molecular complexity index is 1420. The lowest BCUT2D eigenvalue weighted by Gasteiger charge is -2.31. The third-order valence-corrected chi connectivity index (χ3v) is 7.31. The van der Waals surface area contributed by atoms with Gasteiger partial charge >= 0.3 is 6.09 Å². The van der Waals surface area contributed by atoms with Gasteiger partial charge in [-0.1, -0.05) is 0 Å². The van der Waals surface area contributed by atoms with Crippen molar-refractivity contribution < 1.29 is 14.3 Å². The van der Waals surface area contributed by atoms with Crippen molar-refractivity contribution in [2.24, 2.45) is 0 Å². The van der Waals surface area contributed by atoms with E-state index in [2.05, 4.69) is 19.9 Å². The van der Waals surface area contributed by atoms with Crippen LogP contribution in [0.15, 0.2) is 59.9 Å². The van der Waals surface area contributed by atoms with Crippen molar-refractivity contribution in [2.75, 3.05) is 36.0 Å². The number of aromatic nitrogens is 4. The Kier molecular flexibility index (Phi) is 8.32. The minimum absolute atomic E-state index is 0.113. The number of rotatable bonds is 4. The van der Waals surface area contributed by atoms with E-state index in [4.69, 9.17) is 4.74 Å². The standard InChI is InChI=1S/C30H37N7O4/c1-30(2,3)41-29(40)35-17-6-16-34(19-20-35)25-9-8-22(21-33-25)28(39)37(23-10-13-31-14-11-23)24-7-4-5-18-36-26(38)12-15-32-27(24)36/h8-15,21,24H,4-7,16-20H2,1-3H3. The van der Waals surface area contributed by atoms with E-state index in [-0.39, 0.29) is 17.6 Å². The number of nitrogens with zero attached hydrogens (tertiary/aromatic N) is 7. The number of pyridine rings is 2. The number of ether oxygens (including phenoxy) is 1. The summed E-state index contributed by atoms with van der Waals surface area (Å²) < 4.78 is 7.23. The fourth-order valence-electron chi connectivity index (χ4n) is 5.36. The van der Waals surface area contributed by atoms with Gasteiger partial charge in [-0.2, -0.15) is 0 Å². The topological polar surface area (TPSA) is 114 Å². The molecular formula is C30H37N7O4. The van der Waals surface area contributed by atoms with Crippen molar-refractivity contribution in [2.45, 2.75) is 64.6 Å². The fourth-order valence-corrected chi connectivity index (χ4v) is 5.36. The molecule has 3 aromatic heterocycles. The number of fused-ring (bicyclic) bond motifs is 1. The summed E-state index contributed by atoms with van der Waals surface area (Å²) in [5.74, 6) is 1.11. The smallest absolute Gasteiger partial charge is 0.410 e. The highest BCUT2D eigenvalue weighted by Gasteiger charge is 2.32. The van der Waals surface area contributed by atoms with Crippen LogP contribution in [0.25, 0.3) is 0 Å². The Morgan fingerprint density at radius 1 is 0.902 bits per heavy atom. The molecule has 0 aliphatic carbocycles. The first-order valence-electron chi connectivity index (χ1n) is 14.2. The second-order valence-electron chi connectivity index (χ2n) is 11.4. The fraction of sp³-hybridized carbons (Fsp3) is 0.467. The highest BCUT2D eigenvalue weighted by Crippen LogP contribution is 2.33. The molecule has 216 valence electrons. The number of anilines is 2. The number of hydrogen-bond acceptors (Lipinski definition) is 8. The molecular weight excluding hydrogens is 522 g/mol. The number of hydrogen-bond donors (Lipinski definition) is 0. The zero-order chi connectivity index (χ0) is 29.0.